The molecular weight excluding hydrogens is 176 g/mol. The molecule has 2 aliphatic rings. The Morgan fingerprint density at radius 3 is 2.14 bits per heavy atom. The molecule has 2 nitrogen and oxygen atoms in total. The van der Waals surface area contributed by atoms with E-state index in [4.69, 9.17) is 9.47 Å². The molecule has 0 aromatic heterocycles. The van der Waals surface area contributed by atoms with Crippen LogP contribution in [0.4, 0.5) is 0 Å². The van der Waals surface area contributed by atoms with Crippen LogP contribution in [0, 0.1) is 5.41 Å². The number of hydrogen-bond acceptors (Lipinski definition) is 2. The third kappa shape index (κ3) is 1.41. The van der Waals surface area contributed by atoms with Crippen molar-refractivity contribution in [1.29, 1.82) is 0 Å². The number of rotatable bonds is 1. The molecular formula is C12H20O2. The van der Waals surface area contributed by atoms with Gasteiger partial charge in [-0.1, -0.05) is 27.7 Å². The molecule has 1 aliphatic carbocycles. The van der Waals surface area contributed by atoms with Crippen LogP contribution in [0.1, 0.15) is 53.4 Å². The van der Waals surface area contributed by atoms with Gasteiger partial charge in [-0.3, -0.25) is 0 Å². The summed E-state index contributed by atoms with van der Waals surface area (Å²) < 4.78 is 11.9. The molecule has 14 heavy (non-hydrogen) atoms. The highest BCUT2D eigenvalue weighted by molar-refractivity contribution is 5.16. The third-order valence-electron chi connectivity index (χ3n) is 2.97. The average molecular weight is 196 g/mol. The molecule has 0 saturated heterocycles. The Morgan fingerprint density at radius 2 is 1.86 bits per heavy atom. The molecule has 0 aromatic carbocycles. The zero-order chi connectivity index (χ0) is 10.4. The van der Waals surface area contributed by atoms with Gasteiger partial charge in [0, 0.05) is 24.7 Å². The van der Waals surface area contributed by atoms with Crippen molar-refractivity contribution in [1.82, 2.24) is 0 Å². The van der Waals surface area contributed by atoms with Crippen molar-refractivity contribution in [2.24, 2.45) is 5.41 Å². The predicted octanol–water partition coefficient (Wildman–Crippen LogP) is 3.58. The third-order valence-corrected chi connectivity index (χ3v) is 2.97. The van der Waals surface area contributed by atoms with E-state index in [1.807, 2.05) is 0 Å². The van der Waals surface area contributed by atoms with E-state index in [1.165, 1.54) is 6.42 Å². The van der Waals surface area contributed by atoms with Gasteiger partial charge in [0.25, 0.3) is 5.79 Å². The van der Waals surface area contributed by atoms with Crippen molar-refractivity contribution >= 4 is 0 Å². The first-order valence-corrected chi connectivity index (χ1v) is 5.58. The van der Waals surface area contributed by atoms with Crippen LogP contribution < -0.4 is 0 Å². The molecule has 0 N–H and O–H groups in total. The van der Waals surface area contributed by atoms with E-state index in [9.17, 15) is 0 Å². The first-order valence-electron chi connectivity index (χ1n) is 5.58. The second-order valence-electron chi connectivity index (χ2n) is 5.32. The fraction of sp³-hybridized carbons (Fsp3) is 0.833. The van der Waals surface area contributed by atoms with Gasteiger partial charge in [-0.2, -0.15) is 0 Å². The van der Waals surface area contributed by atoms with Crippen molar-refractivity contribution in [2.75, 3.05) is 0 Å². The minimum Gasteiger partial charge on any atom is -0.453 e. The van der Waals surface area contributed by atoms with Crippen LogP contribution in [0.3, 0.4) is 0 Å². The van der Waals surface area contributed by atoms with Gasteiger partial charge in [0.2, 0.25) is 0 Å². The van der Waals surface area contributed by atoms with Crippen molar-refractivity contribution < 1.29 is 9.47 Å². The summed E-state index contributed by atoms with van der Waals surface area (Å²) in [5.41, 5.74) is 0.0738. The van der Waals surface area contributed by atoms with Crippen molar-refractivity contribution in [3.8, 4) is 0 Å². The van der Waals surface area contributed by atoms with Gasteiger partial charge in [-0.05, 0) is 6.42 Å². The van der Waals surface area contributed by atoms with Gasteiger partial charge in [-0.15, -0.1) is 0 Å². The maximum Gasteiger partial charge on any atom is 0.250 e. The largest absolute Gasteiger partial charge is 0.453 e. The van der Waals surface area contributed by atoms with E-state index in [1.54, 1.807) is 0 Å². The van der Waals surface area contributed by atoms with Gasteiger partial charge in [0.15, 0.2) is 0 Å². The highest BCUT2D eigenvalue weighted by Crippen LogP contribution is 2.49. The topological polar surface area (TPSA) is 18.5 Å². The molecule has 0 aromatic rings. The van der Waals surface area contributed by atoms with E-state index >= 15 is 0 Å². The second kappa shape index (κ2) is 2.91. The molecule has 0 amide bonds. The van der Waals surface area contributed by atoms with E-state index in [-0.39, 0.29) is 11.2 Å². The van der Waals surface area contributed by atoms with Crippen molar-refractivity contribution in [2.45, 2.75) is 59.2 Å². The van der Waals surface area contributed by atoms with E-state index in [0.29, 0.717) is 0 Å². The molecule has 2 heteroatoms. The van der Waals surface area contributed by atoms with Crippen LogP contribution in [0.25, 0.3) is 0 Å². The van der Waals surface area contributed by atoms with Gasteiger partial charge in [0.1, 0.15) is 11.5 Å². The second-order valence-corrected chi connectivity index (χ2v) is 5.32. The van der Waals surface area contributed by atoms with Gasteiger partial charge < -0.3 is 9.47 Å². The molecule has 1 fully saturated rings. The SMILES string of the molecule is CCC1=C(C(C)(C)C)OC2(CCC2)O1. The Hall–Kier alpha value is -0.660. The molecule has 1 aliphatic heterocycles. The molecule has 0 atom stereocenters. The average Bonchev–Trinajstić information content (AvgIpc) is 2.41. The van der Waals surface area contributed by atoms with Crippen molar-refractivity contribution in [3.63, 3.8) is 0 Å². The first-order chi connectivity index (χ1) is 6.47. The summed E-state index contributed by atoms with van der Waals surface area (Å²) in [4.78, 5) is 0. The van der Waals surface area contributed by atoms with Crippen LogP contribution >= 0.6 is 0 Å². The van der Waals surface area contributed by atoms with Gasteiger partial charge in [-0.25, -0.2) is 0 Å². The number of allylic oxidation sites excluding steroid dienone is 2. The molecule has 1 saturated carbocycles. The molecule has 0 radical (unpaired) electrons. The van der Waals surface area contributed by atoms with Gasteiger partial charge in [0.05, 0.1) is 0 Å². The minimum absolute atomic E-state index is 0.0738. The monoisotopic (exact) mass is 196 g/mol. The lowest BCUT2D eigenvalue weighted by molar-refractivity contribution is -0.208. The Balaban J connectivity index is 2.20. The first kappa shape index (κ1) is 9.88. The van der Waals surface area contributed by atoms with Crippen LogP contribution in [-0.4, -0.2) is 5.79 Å². The van der Waals surface area contributed by atoms with Crippen LogP contribution in [0.5, 0.6) is 0 Å². The summed E-state index contributed by atoms with van der Waals surface area (Å²) in [5.74, 6) is 1.88. The zero-order valence-corrected chi connectivity index (χ0v) is 9.64. The normalized spacial score (nSPS) is 24.6. The fourth-order valence-electron chi connectivity index (χ4n) is 2.01. The Morgan fingerprint density at radius 1 is 1.21 bits per heavy atom. The molecule has 0 unspecified atom stereocenters. The quantitative estimate of drug-likeness (QED) is 0.638. The molecule has 0 bridgehead atoms. The Bertz CT molecular complexity index is 267. The standard InChI is InChI=1S/C12H20O2/c1-5-9-10(11(2,3)4)14-12(13-9)7-6-8-12/h5-8H2,1-4H3. The molecule has 1 spiro atoms. The van der Waals surface area contributed by atoms with Crippen molar-refractivity contribution in [3.05, 3.63) is 11.5 Å². The summed E-state index contributed by atoms with van der Waals surface area (Å²) in [7, 11) is 0. The fourth-order valence-corrected chi connectivity index (χ4v) is 2.01. The highest BCUT2D eigenvalue weighted by Gasteiger charge is 2.49. The smallest absolute Gasteiger partial charge is 0.250 e. The number of hydrogen-bond donors (Lipinski definition) is 0. The predicted molar refractivity (Wildman–Crippen MR) is 55.5 cm³/mol. The maximum absolute atomic E-state index is 6.01. The van der Waals surface area contributed by atoms with Crippen LogP contribution in [0.15, 0.2) is 11.5 Å². The molecule has 2 rings (SSSR count). The summed E-state index contributed by atoms with van der Waals surface area (Å²) in [6.07, 6.45) is 4.27. The number of ether oxygens (including phenoxy) is 2. The van der Waals surface area contributed by atoms with E-state index in [2.05, 4.69) is 27.7 Å². The minimum atomic E-state index is -0.256. The van der Waals surface area contributed by atoms with Gasteiger partial charge >= 0.3 is 0 Å². The van der Waals surface area contributed by atoms with E-state index in [0.717, 1.165) is 30.8 Å². The van der Waals surface area contributed by atoms with E-state index < -0.39 is 0 Å². The molecule has 80 valence electrons. The molecule has 1 heterocycles. The maximum atomic E-state index is 6.01. The summed E-state index contributed by atoms with van der Waals surface area (Å²) in [5, 5.41) is 0. The Labute approximate surface area is 86.3 Å². The lowest BCUT2D eigenvalue weighted by Crippen LogP contribution is -2.39. The van der Waals surface area contributed by atoms with Crippen LogP contribution in [0.2, 0.25) is 0 Å². The highest BCUT2D eigenvalue weighted by atomic mass is 16.7. The summed E-state index contributed by atoms with van der Waals surface area (Å²) in [6, 6.07) is 0. The summed E-state index contributed by atoms with van der Waals surface area (Å²) >= 11 is 0. The summed E-state index contributed by atoms with van der Waals surface area (Å²) in [6.45, 7) is 8.67. The van der Waals surface area contributed by atoms with Crippen LogP contribution in [-0.2, 0) is 9.47 Å². The lowest BCUT2D eigenvalue weighted by Gasteiger charge is -2.37. The zero-order valence-electron chi connectivity index (χ0n) is 9.64. The Kier molecular flexibility index (Phi) is 2.06. The lowest BCUT2D eigenvalue weighted by atomic mass is 9.90.